The third-order valence-corrected chi connectivity index (χ3v) is 3.06. The van der Waals surface area contributed by atoms with Crippen molar-refractivity contribution in [2.45, 2.75) is 4.90 Å². The molecule has 0 unspecified atom stereocenters. The molecule has 0 fully saturated rings. The molecule has 0 aliphatic carbocycles. The molecule has 0 atom stereocenters. The zero-order chi connectivity index (χ0) is 13.1. The van der Waals surface area contributed by atoms with Crippen molar-refractivity contribution >= 4 is 40.2 Å². The summed E-state index contributed by atoms with van der Waals surface area (Å²) in [6.45, 7) is 0. The molecule has 92 valence electrons. The summed E-state index contributed by atoms with van der Waals surface area (Å²) >= 11 is 7.37. The van der Waals surface area contributed by atoms with E-state index in [0.29, 0.717) is 14.9 Å². The van der Waals surface area contributed by atoms with Gasteiger partial charge in [0.1, 0.15) is 5.82 Å². The van der Waals surface area contributed by atoms with E-state index in [4.69, 9.17) is 0 Å². The normalized spacial score (nSPS) is 10.2. The van der Waals surface area contributed by atoms with Crippen LogP contribution in [0.4, 0.5) is 10.1 Å². The van der Waals surface area contributed by atoms with Gasteiger partial charge in [-0.3, -0.25) is 4.79 Å². The Hall–Kier alpha value is -1.33. The number of hydrogen-bond acceptors (Lipinski definition) is 2. The Morgan fingerprint density at radius 3 is 2.72 bits per heavy atom. The monoisotopic (exact) mass is 325 g/mol. The molecule has 0 heterocycles. The van der Waals surface area contributed by atoms with Crippen LogP contribution in [0.2, 0.25) is 0 Å². The number of amides is 1. The molecule has 0 aliphatic rings. The van der Waals surface area contributed by atoms with Crippen molar-refractivity contribution in [2.75, 3.05) is 5.32 Å². The third-order valence-electron chi connectivity index (χ3n) is 2.28. The van der Waals surface area contributed by atoms with Gasteiger partial charge in [0.2, 0.25) is 0 Å². The SMILES string of the molecule is O=C(Nc1cc(Br)ccc1F)c1cccc(S)c1. The summed E-state index contributed by atoms with van der Waals surface area (Å²) in [5.41, 5.74) is 0.570. The van der Waals surface area contributed by atoms with E-state index >= 15 is 0 Å². The fraction of sp³-hybridized carbons (Fsp3) is 0. The molecule has 2 aromatic carbocycles. The van der Waals surface area contributed by atoms with Gasteiger partial charge in [-0.05, 0) is 36.4 Å². The molecular formula is C13H9BrFNOS. The van der Waals surface area contributed by atoms with Crippen LogP contribution in [0.1, 0.15) is 10.4 Å². The van der Waals surface area contributed by atoms with Crippen LogP contribution in [0, 0.1) is 5.82 Å². The number of nitrogens with one attached hydrogen (secondary N) is 1. The van der Waals surface area contributed by atoms with Crippen LogP contribution in [0.5, 0.6) is 0 Å². The molecule has 2 nitrogen and oxygen atoms in total. The van der Waals surface area contributed by atoms with E-state index < -0.39 is 5.82 Å². The Kier molecular flexibility index (Phi) is 4.04. The zero-order valence-electron chi connectivity index (χ0n) is 9.15. The highest BCUT2D eigenvalue weighted by Gasteiger charge is 2.09. The van der Waals surface area contributed by atoms with Crippen molar-refractivity contribution in [3.05, 3.63) is 58.3 Å². The molecule has 1 N–H and O–H groups in total. The molecule has 2 rings (SSSR count). The van der Waals surface area contributed by atoms with Gasteiger partial charge < -0.3 is 5.32 Å². The van der Waals surface area contributed by atoms with Crippen LogP contribution in [0.3, 0.4) is 0 Å². The van der Waals surface area contributed by atoms with E-state index in [1.165, 1.54) is 12.1 Å². The number of thiol groups is 1. The molecule has 18 heavy (non-hydrogen) atoms. The Labute approximate surface area is 118 Å². The number of benzene rings is 2. The van der Waals surface area contributed by atoms with E-state index in [9.17, 15) is 9.18 Å². The first-order chi connectivity index (χ1) is 8.56. The zero-order valence-corrected chi connectivity index (χ0v) is 11.6. The summed E-state index contributed by atoms with van der Waals surface area (Å²) in [5.74, 6) is -0.850. The van der Waals surface area contributed by atoms with Crippen LogP contribution in [-0.4, -0.2) is 5.91 Å². The number of carbonyl (C=O) groups is 1. The van der Waals surface area contributed by atoms with E-state index in [-0.39, 0.29) is 11.6 Å². The maximum absolute atomic E-state index is 13.5. The number of rotatable bonds is 2. The van der Waals surface area contributed by atoms with Crippen LogP contribution in [0.15, 0.2) is 51.8 Å². The molecule has 0 saturated heterocycles. The van der Waals surface area contributed by atoms with Crippen molar-refractivity contribution < 1.29 is 9.18 Å². The van der Waals surface area contributed by atoms with Gasteiger partial charge in [-0.1, -0.05) is 22.0 Å². The van der Waals surface area contributed by atoms with Crippen LogP contribution >= 0.6 is 28.6 Å². The van der Waals surface area contributed by atoms with Crippen LogP contribution < -0.4 is 5.32 Å². The highest BCUT2D eigenvalue weighted by molar-refractivity contribution is 9.10. The summed E-state index contributed by atoms with van der Waals surface area (Å²) in [6, 6.07) is 11.1. The van der Waals surface area contributed by atoms with Gasteiger partial charge in [0.05, 0.1) is 5.69 Å². The van der Waals surface area contributed by atoms with E-state index in [1.807, 2.05) is 0 Å². The Balaban J connectivity index is 2.24. The Morgan fingerprint density at radius 2 is 2.00 bits per heavy atom. The van der Waals surface area contributed by atoms with Crippen LogP contribution in [-0.2, 0) is 0 Å². The molecule has 1 amide bonds. The van der Waals surface area contributed by atoms with Gasteiger partial charge in [0.15, 0.2) is 0 Å². The quantitative estimate of drug-likeness (QED) is 0.799. The molecule has 2 aromatic rings. The lowest BCUT2D eigenvalue weighted by Crippen LogP contribution is -2.12. The number of halogens is 2. The van der Waals surface area contributed by atoms with Gasteiger partial charge in [-0.15, -0.1) is 12.6 Å². The standard InChI is InChI=1S/C13H9BrFNOS/c14-9-4-5-11(15)12(7-9)16-13(17)8-2-1-3-10(18)6-8/h1-7,18H,(H,16,17). The van der Waals surface area contributed by atoms with Crippen molar-refractivity contribution in [2.24, 2.45) is 0 Å². The minimum absolute atomic E-state index is 0.138. The lowest BCUT2D eigenvalue weighted by Gasteiger charge is -2.07. The highest BCUT2D eigenvalue weighted by atomic mass is 79.9. The van der Waals surface area contributed by atoms with Crippen molar-refractivity contribution in [1.29, 1.82) is 0 Å². The first-order valence-corrected chi connectivity index (χ1v) is 6.36. The fourth-order valence-electron chi connectivity index (χ4n) is 1.43. The van der Waals surface area contributed by atoms with Gasteiger partial charge >= 0.3 is 0 Å². The number of hydrogen-bond donors (Lipinski definition) is 2. The van der Waals surface area contributed by atoms with Gasteiger partial charge in [-0.2, -0.15) is 0 Å². The van der Waals surface area contributed by atoms with Crippen molar-refractivity contribution in [3.8, 4) is 0 Å². The molecule has 0 aliphatic heterocycles. The first kappa shape index (κ1) is 13.1. The average Bonchev–Trinajstić information content (AvgIpc) is 2.34. The summed E-state index contributed by atoms with van der Waals surface area (Å²) in [4.78, 5) is 12.6. The molecule has 5 heteroatoms. The number of anilines is 1. The second-order valence-electron chi connectivity index (χ2n) is 3.63. The minimum Gasteiger partial charge on any atom is -0.319 e. The topological polar surface area (TPSA) is 29.1 Å². The number of carbonyl (C=O) groups excluding carboxylic acids is 1. The average molecular weight is 326 g/mol. The molecule has 0 radical (unpaired) electrons. The smallest absolute Gasteiger partial charge is 0.255 e. The fourth-order valence-corrected chi connectivity index (χ4v) is 2.02. The molecule has 0 spiro atoms. The summed E-state index contributed by atoms with van der Waals surface area (Å²) in [7, 11) is 0. The maximum Gasteiger partial charge on any atom is 0.255 e. The predicted octanol–water partition coefficient (Wildman–Crippen LogP) is 4.13. The summed E-state index contributed by atoms with van der Waals surface area (Å²) < 4.78 is 14.2. The van der Waals surface area contributed by atoms with Gasteiger partial charge in [-0.25, -0.2) is 4.39 Å². The second kappa shape index (κ2) is 5.54. The van der Waals surface area contributed by atoms with Crippen molar-refractivity contribution in [3.63, 3.8) is 0 Å². The molecule has 0 bridgehead atoms. The lowest BCUT2D eigenvalue weighted by molar-refractivity contribution is 0.102. The second-order valence-corrected chi connectivity index (χ2v) is 5.06. The van der Waals surface area contributed by atoms with E-state index in [1.54, 1.807) is 30.3 Å². The summed E-state index contributed by atoms with van der Waals surface area (Å²) in [5, 5.41) is 2.52. The highest BCUT2D eigenvalue weighted by Crippen LogP contribution is 2.21. The largest absolute Gasteiger partial charge is 0.319 e. The van der Waals surface area contributed by atoms with E-state index in [2.05, 4.69) is 33.9 Å². The third kappa shape index (κ3) is 3.11. The molecule has 0 saturated carbocycles. The molecular weight excluding hydrogens is 317 g/mol. The van der Waals surface area contributed by atoms with Gasteiger partial charge in [0, 0.05) is 14.9 Å². The van der Waals surface area contributed by atoms with E-state index in [0.717, 1.165) is 0 Å². The lowest BCUT2D eigenvalue weighted by atomic mass is 10.2. The van der Waals surface area contributed by atoms with Gasteiger partial charge in [0.25, 0.3) is 5.91 Å². The summed E-state index contributed by atoms with van der Waals surface area (Å²) in [6.07, 6.45) is 0. The molecule has 0 aromatic heterocycles. The van der Waals surface area contributed by atoms with Crippen molar-refractivity contribution in [1.82, 2.24) is 0 Å². The first-order valence-electron chi connectivity index (χ1n) is 5.12. The Bertz CT molecular complexity index is 603. The Morgan fingerprint density at radius 1 is 1.22 bits per heavy atom. The maximum atomic E-state index is 13.5. The predicted molar refractivity (Wildman–Crippen MR) is 75.7 cm³/mol. The van der Waals surface area contributed by atoms with Crippen LogP contribution in [0.25, 0.3) is 0 Å². The minimum atomic E-state index is -0.478.